The molecule has 0 aromatic heterocycles. The molecule has 0 atom stereocenters. The van der Waals surface area contributed by atoms with E-state index >= 15 is 0 Å². The summed E-state index contributed by atoms with van der Waals surface area (Å²) in [4.78, 5) is 0. The summed E-state index contributed by atoms with van der Waals surface area (Å²) in [5.74, 6) is 0.536. The molecular weight excluding hydrogens is 238 g/mol. The third-order valence-corrected chi connectivity index (χ3v) is 4.15. The van der Waals surface area contributed by atoms with E-state index in [0.717, 1.165) is 0 Å². The van der Waals surface area contributed by atoms with Crippen molar-refractivity contribution in [2.24, 2.45) is 0 Å². The topological polar surface area (TPSA) is 46.6 Å². The van der Waals surface area contributed by atoms with Gasteiger partial charge in [0.2, 0.25) is 10.0 Å². The zero-order valence-corrected chi connectivity index (χ0v) is 11.0. The quantitative estimate of drug-likeness (QED) is 0.462. The molecule has 6 heteroatoms. The van der Waals surface area contributed by atoms with Gasteiger partial charge in [0, 0.05) is 25.6 Å². The lowest BCUT2D eigenvalue weighted by molar-refractivity contribution is 0.162. The predicted octanol–water partition coefficient (Wildman–Crippen LogP) is 1.30. The summed E-state index contributed by atoms with van der Waals surface area (Å²) in [6.07, 6.45) is 0.684. The molecule has 0 rings (SSSR count). The number of halogens is 1. The second-order valence-electron chi connectivity index (χ2n) is 3.05. The van der Waals surface area contributed by atoms with E-state index in [4.69, 9.17) is 16.3 Å². The van der Waals surface area contributed by atoms with Crippen LogP contribution in [0.1, 0.15) is 20.3 Å². The van der Waals surface area contributed by atoms with Crippen molar-refractivity contribution in [3.05, 3.63) is 0 Å². The van der Waals surface area contributed by atoms with Gasteiger partial charge < -0.3 is 4.74 Å². The van der Waals surface area contributed by atoms with Crippen molar-refractivity contribution in [1.29, 1.82) is 0 Å². The zero-order valence-electron chi connectivity index (χ0n) is 9.41. The number of hydrogen-bond donors (Lipinski definition) is 0. The van der Waals surface area contributed by atoms with Crippen LogP contribution in [0.15, 0.2) is 0 Å². The average molecular weight is 258 g/mol. The van der Waals surface area contributed by atoms with Gasteiger partial charge >= 0.3 is 0 Å². The summed E-state index contributed by atoms with van der Waals surface area (Å²) in [6.45, 7) is 5.46. The minimum Gasteiger partial charge on any atom is -0.381 e. The molecule has 0 amide bonds. The molecule has 4 nitrogen and oxygen atoms in total. The third-order valence-electron chi connectivity index (χ3n) is 1.98. The van der Waals surface area contributed by atoms with Gasteiger partial charge in [-0.3, -0.25) is 0 Å². The molecule has 92 valence electrons. The summed E-state index contributed by atoms with van der Waals surface area (Å²) in [5.41, 5.74) is 0. The monoisotopic (exact) mass is 257 g/mol. The van der Waals surface area contributed by atoms with Crippen molar-refractivity contribution in [1.82, 2.24) is 4.31 Å². The van der Waals surface area contributed by atoms with Crippen LogP contribution < -0.4 is 0 Å². The van der Waals surface area contributed by atoms with Gasteiger partial charge in [-0.1, -0.05) is 6.92 Å². The van der Waals surface area contributed by atoms with Gasteiger partial charge in [-0.25, -0.2) is 12.7 Å². The molecule has 0 aliphatic carbocycles. The third kappa shape index (κ3) is 6.35. The Labute approximate surface area is 97.6 Å². The predicted molar refractivity (Wildman–Crippen MR) is 62.9 cm³/mol. The molecule has 0 unspecified atom stereocenters. The lowest BCUT2D eigenvalue weighted by Gasteiger charge is -2.19. The van der Waals surface area contributed by atoms with Crippen LogP contribution in [0.4, 0.5) is 0 Å². The van der Waals surface area contributed by atoms with Crippen LogP contribution in [0.3, 0.4) is 0 Å². The Morgan fingerprint density at radius 2 is 2.00 bits per heavy atom. The fourth-order valence-corrected chi connectivity index (χ4v) is 2.67. The van der Waals surface area contributed by atoms with Crippen molar-refractivity contribution in [3.8, 4) is 0 Å². The lowest BCUT2D eigenvalue weighted by atomic mass is 10.5. The molecule has 0 heterocycles. The molecule has 0 radical (unpaired) electrons. The first-order chi connectivity index (χ1) is 7.08. The van der Waals surface area contributed by atoms with E-state index in [2.05, 4.69) is 0 Å². The van der Waals surface area contributed by atoms with Gasteiger partial charge in [0.15, 0.2) is 0 Å². The molecule has 0 aromatic carbocycles. The maximum absolute atomic E-state index is 11.7. The van der Waals surface area contributed by atoms with Crippen LogP contribution in [0, 0.1) is 0 Å². The Bertz CT molecular complexity index is 244. The first-order valence-corrected chi connectivity index (χ1v) is 7.34. The summed E-state index contributed by atoms with van der Waals surface area (Å²) in [5, 5.41) is 0. The second kappa shape index (κ2) is 8.33. The highest BCUT2D eigenvalue weighted by Gasteiger charge is 2.19. The number of rotatable bonds is 9. The molecule has 0 spiro atoms. The Morgan fingerprint density at radius 1 is 1.33 bits per heavy atom. The zero-order chi connectivity index (χ0) is 11.7. The molecule has 0 aliphatic rings. The Hall–Kier alpha value is 0.160. The van der Waals surface area contributed by atoms with Crippen LogP contribution in [0.2, 0.25) is 0 Å². The summed E-state index contributed by atoms with van der Waals surface area (Å²) >= 11 is 5.53. The van der Waals surface area contributed by atoms with Gasteiger partial charge in [-0.05, 0) is 13.3 Å². The highest BCUT2D eigenvalue weighted by Crippen LogP contribution is 2.03. The van der Waals surface area contributed by atoms with Crippen LogP contribution in [-0.4, -0.2) is 50.7 Å². The SMILES string of the molecule is CCOCCS(=O)(=O)N(CC)CCCCl. The van der Waals surface area contributed by atoms with Gasteiger partial charge in [-0.15, -0.1) is 11.6 Å². The van der Waals surface area contributed by atoms with E-state index in [0.29, 0.717) is 32.0 Å². The first kappa shape index (κ1) is 15.2. The summed E-state index contributed by atoms with van der Waals surface area (Å²) in [7, 11) is -3.17. The molecule has 0 aliphatic heterocycles. The summed E-state index contributed by atoms with van der Waals surface area (Å²) < 4.78 is 30.0. The smallest absolute Gasteiger partial charge is 0.216 e. The molecular formula is C9H20ClNO3S. The number of ether oxygens (including phenoxy) is 1. The van der Waals surface area contributed by atoms with Gasteiger partial charge in [0.05, 0.1) is 12.4 Å². The fraction of sp³-hybridized carbons (Fsp3) is 1.00. The number of sulfonamides is 1. The van der Waals surface area contributed by atoms with Crippen LogP contribution in [0.25, 0.3) is 0 Å². The van der Waals surface area contributed by atoms with E-state index in [9.17, 15) is 8.42 Å². The average Bonchev–Trinajstić information content (AvgIpc) is 2.19. The van der Waals surface area contributed by atoms with Crippen LogP contribution in [-0.2, 0) is 14.8 Å². The molecule has 0 N–H and O–H groups in total. The molecule has 0 saturated heterocycles. The minimum absolute atomic E-state index is 0.0525. The highest BCUT2D eigenvalue weighted by molar-refractivity contribution is 7.89. The highest BCUT2D eigenvalue weighted by atomic mass is 35.5. The van der Waals surface area contributed by atoms with Gasteiger partial charge in [0.1, 0.15) is 0 Å². The minimum atomic E-state index is -3.17. The Morgan fingerprint density at radius 3 is 2.47 bits per heavy atom. The molecule has 0 saturated carbocycles. The first-order valence-electron chi connectivity index (χ1n) is 5.20. The fourth-order valence-electron chi connectivity index (χ4n) is 1.17. The van der Waals surface area contributed by atoms with E-state index in [-0.39, 0.29) is 12.4 Å². The van der Waals surface area contributed by atoms with E-state index in [1.165, 1.54) is 4.31 Å². The largest absolute Gasteiger partial charge is 0.381 e. The van der Waals surface area contributed by atoms with Crippen LogP contribution >= 0.6 is 11.6 Å². The van der Waals surface area contributed by atoms with Crippen molar-refractivity contribution >= 4 is 21.6 Å². The normalized spacial score (nSPS) is 12.3. The van der Waals surface area contributed by atoms with Crippen molar-refractivity contribution in [3.63, 3.8) is 0 Å². The standard InChI is InChI=1S/C9H20ClNO3S/c1-3-11(7-5-6-10)15(12,13)9-8-14-4-2/h3-9H2,1-2H3. The maximum atomic E-state index is 11.7. The second-order valence-corrected chi connectivity index (χ2v) is 5.51. The number of hydrogen-bond acceptors (Lipinski definition) is 3. The van der Waals surface area contributed by atoms with Crippen molar-refractivity contribution in [2.45, 2.75) is 20.3 Å². The Kier molecular flexibility index (Phi) is 8.42. The van der Waals surface area contributed by atoms with Crippen LogP contribution in [0.5, 0.6) is 0 Å². The van der Waals surface area contributed by atoms with Crippen molar-refractivity contribution < 1.29 is 13.2 Å². The van der Waals surface area contributed by atoms with E-state index in [1.807, 2.05) is 13.8 Å². The maximum Gasteiger partial charge on any atom is 0.216 e. The van der Waals surface area contributed by atoms with Crippen molar-refractivity contribution in [2.75, 3.05) is 37.9 Å². The number of alkyl halides is 1. The summed E-state index contributed by atoms with van der Waals surface area (Å²) in [6, 6.07) is 0. The van der Waals surface area contributed by atoms with E-state index in [1.54, 1.807) is 0 Å². The lowest BCUT2D eigenvalue weighted by Crippen LogP contribution is -2.35. The molecule has 0 fully saturated rings. The van der Waals surface area contributed by atoms with Gasteiger partial charge in [-0.2, -0.15) is 0 Å². The molecule has 15 heavy (non-hydrogen) atoms. The molecule has 0 aromatic rings. The molecule has 0 bridgehead atoms. The number of nitrogens with zero attached hydrogens (tertiary/aromatic N) is 1. The van der Waals surface area contributed by atoms with E-state index < -0.39 is 10.0 Å². The van der Waals surface area contributed by atoms with Gasteiger partial charge in [0.25, 0.3) is 0 Å². The Balaban J connectivity index is 4.13.